The third kappa shape index (κ3) is 9.41. The van der Waals surface area contributed by atoms with Crippen molar-refractivity contribution >= 4 is 28.6 Å². The van der Waals surface area contributed by atoms with Gasteiger partial charge in [-0.3, -0.25) is 4.79 Å². The molecular formula is C35H39F3N4O6. The van der Waals surface area contributed by atoms with E-state index in [0.717, 1.165) is 27.8 Å². The van der Waals surface area contributed by atoms with Crippen molar-refractivity contribution in [3.8, 4) is 17.1 Å². The number of carboxylic acids is 1. The fraction of sp³-hybridized carbons (Fsp3) is 0.371. The van der Waals surface area contributed by atoms with Crippen LogP contribution in [-0.4, -0.2) is 86.6 Å². The number of amides is 1. The maximum atomic E-state index is 13.4. The molecule has 256 valence electrons. The zero-order valence-electron chi connectivity index (χ0n) is 26.9. The van der Waals surface area contributed by atoms with Crippen molar-refractivity contribution in [2.24, 2.45) is 5.92 Å². The Balaban J connectivity index is 0.000000671. The number of para-hydroxylation sites is 1. The normalized spacial score (nSPS) is 15.6. The van der Waals surface area contributed by atoms with Crippen LogP contribution < -0.4 is 4.90 Å². The monoisotopic (exact) mass is 668 g/mol. The summed E-state index contributed by atoms with van der Waals surface area (Å²) in [6.45, 7) is 8.22. The quantitative estimate of drug-likeness (QED) is 0.209. The van der Waals surface area contributed by atoms with Crippen LogP contribution in [0.2, 0.25) is 0 Å². The van der Waals surface area contributed by atoms with Crippen LogP contribution in [-0.2, 0) is 20.9 Å². The van der Waals surface area contributed by atoms with Gasteiger partial charge in [-0.2, -0.15) is 13.2 Å². The average molecular weight is 669 g/mol. The number of aryl methyl sites for hydroxylation is 1. The maximum Gasteiger partial charge on any atom is 0.490 e. The first kappa shape index (κ1) is 36.1. The second-order valence-electron chi connectivity index (χ2n) is 12.0. The number of benzene rings is 3. The van der Waals surface area contributed by atoms with E-state index in [4.69, 9.17) is 24.6 Å². The Morgan fingerprint density at radius 2 is 1.67 bits per heavy atom. The van der Waals surface area contributed by atoms with E-state index in [-0.39, 0.29) is 23.6 Å². The number of aliphatic hydroxyl groups excluding tert-OH is 1. The molecule has 13 heteroatoms. The zero-order chi connectivity index (χ0) is 35.0. The van der Waals surface area contributed by atoms with E-state index in [0.29, 0.717) is 50.7 Å². The van der Waals surface area contributed by atoms with Crippen molar-refractivity contribution in [1.82, 2.24) is 14.9 Å². The number of aromatic nitrogens is 2. The molecule has 1 aliphatic heterocycles. The molecule has 0 saturated carbocycles. The second kappa shape index (κ2) is 15.9. The molecule has 4 aromatic rings. The molecule has 1 saturated heterocycles. The van der Waals surface area contributed by atoms with Crippen LogP contribution in [0.25, 0.3) is 22.3 Å². The molecule has 48 heavy (non-hydrogen) atoms. The van der Waals surface area contributed by atoms with Crippen LogP contribution in [0.1, 0.15) is 31.4 Å². The van der Waals surface area contributed by atoms with Crippen LogP contribution in [0.15, 0.2) is 72.8 Å². The number of carboxylic acid groups (broad SMARTS) is 1. The van der Waals surface area contributed by atoms with Gasteiger partial charge in [0.15, 0.2) is 5.82 Å². The number of rotatable bonds is 9. The lowest BCUT2D eigenvalue weighted by molar-refractivity contribution is -0.192. The number of alkyl halides is 3. The second-order valence-corrected chi connectivity index (χ2v) is 12.0. The molecule has 1 amide bonds. The predicted molar refractivity (Wildman–Crippen MR) is 174 cm³/mol. The zero-order valence-corrected chi connectivity index (χ0v) is 26.9. The molecule has 3 aromatic carbocycles. The molecule has 5 rings (SSSR count). The van der Waals surface area contributed by atoms with Crippen molar-refractivity contribution in [2.75, 3.05) is 31.1 Å². The maximum absolute atomic E-state index is 13.4. The molecule has 1 fully saturated rings. The first-order chi connectivity index (χ1) is 22.7. The first-order valence-electron chi connectivity index (χ1n) is 15.5. The van der Waals surface area contributed by atoms with Gasteiger partial charge in [-0.25, -0.2) is 14.8 Å². The Labute approximate surface area is 276 Å². The summed E-state index contributed by atoms with van der Waals surface area (Å²) in [5.41, 5.74) is 3.48. The fourth-order valence-electron chi connectivity index (χ4n) is 5.35. The number of carbonyl (C=O) groups excluding carboxylic acids is 1. The highest BCUT2D eigenvalue weighted by molar-refractivity contribution is 5.92. The van der Waals surface area contributed by atoms with Crippen molar-refractivity contribution in [3.63, 3.8) is 0 Å². The summed E-state index contributed by atoms with van der Waals surface area (Å²) in [6.07, 6.45) is -5.72. The minimum atomic E-state index is -5.08. The van der Waals surface area contributed by atoms with Gasteiger partial charge >= 0.3 is 12.1 Å². The Kier molecular flexibility index (Phi) is 12.0. The number of aromatic hydroxyl groups is 1. The number of hydrogen-bond donors (Lipinski definition) is 3. The number of fused-ring (bicyclic) bond motifs is 1. The van der Waals surface area contributed by atoms with Gasteiger partial charge in [-0.15, -0.1) is 0 Å². The van der Waals surface area contributed by atoms with E-state index in [1.165, 1.54) is 0 Å². The number of phenols is 1. The smallest absolute Gasteiger partial charge is 0.490 e. The molecule has 10 nitrogen and oxygen atoms in total. The van der Waals surface area contributed by atoms with Gasteiger partial charge in [-0.1, -0.05) is 62.4 Å². The Bertz CT molecular complexity index is 1700. The highest BCUT2D eigenvalue weighted by atomic mass is 19.4. The molecule has 2 atom stereocenters. The van der Waals surface area contributed by atoms with Crippen molar-refractivity contribution in [3.05, 3.63) is 83.9 Å². The number of hydrogen-bond acceptors (Lipinski definition) is 8. The fourth-order valence-corrected chi connectivity index (χ4v) is 5.35. The van der Waals surface area contributed by atoms with Gasteiger partial charge in [0.1, 0.15) is 17.7 Å². The van der Waals surface area contributed by atoms with Crippen molar-refractivity contribution in [1.29, 1.82) is 0 Å². The Morgan fingerprint density at radius 3 is 2.31 bits per heavy atom. The van der Waals surface area contributed by atoms with E-state index < -0.39 is 18.2 Å². The highest BCUT2D eigenvalue weighted by Crippen LogP contribution is 2.33. The van der Waals surface area contributed by atoms with Crippen LogP contribution in [0.4, 0.5) is 19.0 Å². The van der Waals surface area contributed by atoms with Gasteiger partial charge < -0.3 is 29.9 Å². The van der Waals surface area contributed by atoms with E-state index in [9.17, 15) is 28.2 Å². The molecule has 2 heterocycles. The number of phenolic OH excluding ortho intramolecular Hbond substituents is 1. The minimum absolute atomic E-state index is 0.118. The largest absolute Gasteiger partial charge is 0.507 e. The van der Waals surface area contributed by atoms with Crippen LogP contribution in [0, 0.1) is 12.8 Å². The van der Waals surface area contributed by atoms with Gasteiger partial charge in [-0.05, 0) is 54.7 Å². The number of carbonyl (C=O) groups is 2. The number of ether oxygens (including phenoxy) is 1. The van der Waals surface area contributed by atoms with Crippen LogP contribution in [0.3, 0.4) is 0 Å². The molecule has 1 aliphatic rings. The number of piperazine rings is 1. The predicted octanol–water partition coefficient (Wildman–Crippen LogP) is 5.59. The van der Waals surface area contributed by atoms with Crippen LogP contribution >= 0.6 is 0 Å². The number of anilines is 1. The summed E-state index contributed by atoms with van der Waals surface area (Å²) in [7, 11) is 0. The molecule has 1 aromatic heterocycles. The van der Waals surface area contributed by atoms with Gasteiger partial charge in [0.25, 0.3) is 5.91 Å². The van der Waals surface area contributed by atoms with Crippen molar-refractivity contribution < 1.29 is 42.8 Å². The SMILES string of the molecule is Cc1ccc2c(N3CCN(C(=O)[C@H](O)CC(C)C)[C@@H](COCc4ccccc4)C3)nc(-c3ccccc3O)nc2c1.O=C(O)C(F)(F)F. The van der Waals surface area contributed by atoms with Crippen molar-refractivity contribution in [2.45, 2.75) is 52.1 Å². The average Bonchev–Trinajstić information content (AvgIpc) is 3.04. The lowest BCUT2D eigenvalue weighted by Gasteiger charge is -2.43. The number of aliphatic hydroxyl groups is 1. The molecule has 0 spiro atoms. The van der Waals surface area contributed by atoms with Gasteiger partial charge in [0, 0.05) is 25.0 Å². The third-order valence-electron chi connectivity index (χ3n) is 7.69. The van der Waals surface area contributed by atoms with E-state index in [1.54, 1.807) is 17.0 Å². The number of aliphatic carboxylic acids is 1. The lowest BCUT2D eigenvalue weighted by atomic mass is 10.0. The summed E-state index contributed by atoms with van der Waals surface area (Å²) < 4.78 is 37.9. The van der Waals surface area contributed by atoms with E-state index >= 15 is 0 Å². The molecule has 0 unspecified atom stereocenters. The summed E-state index contributed by atoms with van der Waals surface area (Å²) in [6, 6.07) is 22.8. The third-order valence-corrected chi connectivity index (χ3v) is 7.69. The molecule has 3 N–H and O–H groups in total. The molecule has 0 aliphatic carbocycles. The Hall–Kier alpha value is -4.75. The minimum Gasteiger partial charge on any atom is -0.507 e. The molecule has 0 radical (unpaired) electrons. The first-order valence-corrected chi connectivity index (χ1v) is 15.5. The topological polar surface area (TPSA) is 136 Å². The highest BCUT2D eigenvalue weighted by Gasteiger charge is 2.38. The van der Waals surface area contributed by atoms with Gasteiger partial charge in [0.2, 0.25) is 0 Å². The van der Waals surface area contributed by atoms with Crippen LogP contribution in [0.5, 0.6) is 5.75 Å². The molecule has 0 bridgehead atoms. The van der Waals surface area contributed by atoms with E-state index in [2.05, 4.69) is 4.90 Å². The summed E-state index contributed by atoms with van der Waals surface area (Å²) >= 11 is 0. The number of nitrogens with zero attached hydrogens (tertiary/aromatic N) is 4. The Morgan fingerprint density at radius 1 is 1.00 bits per heavy atom. The van der Waals surface area contributed by atoms with Gasteiger partial charge in [0.05, 0.1) is 30.3 Å². The van der Waals surface area contributed by atoms with E-state index in [1.807, 2.05) is 81.4 Å². The standard InChI is InChI=1S/C33H38N4O4.C2HF3O2/c1-22(2)17-30(39)33(40)37-16-15-36(19-25(37)21-41-20-24-9-5-4-6-10-24)32-26-14-13-23(3)18-28(26)34-31(35-32)27-11-7-8-12-29(27)38;3-2(4,5)1(6)7/h4-14,18,22,25,30,38-39H,15-17,19-21H2,1-3H3;(H,6,7)/t25-,30-;/m1./s1. The lowest BCUT2D eigenvalue weighted by Crippen LogP contribution is -2.59. The number of halogens is 3. The summed E-state index contributed by atoms with van der Waals surface area (Å²) in [4.78, 5) is 36.0. The summed E-state index contributed by atoms with van der Waals surface area (Å²) in [5.74, 6) is -1.51. The summed E-state index contributed by atoms with van der Waals surface area (Å²) in [5, 5.41) is 29.3. The molecular weight excluding hydrogens is 629 g/mol.